The topological polar surface area (TPSA) is 138 Å². The summed E-state index contributed by atoms with van der Waals surface area (Å²) in [5.74, 6) is -0.761. The first kappa shape index (κ1) is 21.5. The Balaban J connectivity index is 2.16. The van der Waals surface area contributed by atoms with Crippen LogP contribution in [-0.2, 0) is 14.3 Å². The van der Waals surface area contributed by atoms with Gasteiger partial charge in [-0.05, 0) is 23.1 Å². The van der Waals surface area contributed by atoms with Crippen LogP contribution in [0.5, 0.6) is 11.5 Å². The lowest BCUT2D eigenvalue weighted by Crippen LogP contribution is -2.33. The van der Waals surface area contributed by atoms with Crippen LogP contribution in [0, 0.1) is 16.7 Å². The van der Waals surface area contributed by atoms with Gasteiger partial charge in [-0.25, -0.2) is 0 Å². The highest BCUT2D eigenvalue weighted by atomic mass is 35.5. The van der Waals surface area contributed by atoms with Gasteiger partial charge in [0.25, 0.3) is 5.91 Å². The molecule has 0 saturated heterocycles. The molecule has 1 aromatic rings. The Morgan fingerprint density at radius 1 is 1.40 bits per heavy atom. The zero-order valence-electron chi connectivity index (χ0n) is 16.9. The van der Waals surface area contributed by atoms with Crippen LogP contribution in [0.2, 0.25) is 5.02 Å². The summed E-state index contributed by atoms with van der Waals surface area (Å²) in [4.78, 5) is 24.1. The minimum Gasteiger partial charge on any atom is -0.493 e. The summed E-state index contributed by atoms with van der Waals surface area (Å²) in [7, 11) is 1.41. The molecule has 4 N–H and O–H groups in total. The Kier molecular flexibility index (Phi) is 5.68. The molecule has 0 bridgehead atoms. The number of Topliss-reactive ketones (excluding diaryl/α,β-unsaturated/α-hetero) is 1. The molecule has 0 aromatic heterocycles. The third-order valence-corrected chi connectivity index (χ3v) is 5.30. The van der Waals surface area contributed by atoms with Crippen LogP contribution in [0.25, 0.3) is 0 Å². The third kappa shape index (κ3) is 3.94. The van der Waals surface area contributed by atoms with Crippen molar-refractivity contribution in [1.82, 2.24) is 0 Å². The smallest absolute Gasteiger partial charge is 0.255 e. The average molecular weight is 432 g/mol. The number of carbonyl (C=O) groups is 2. The predicted molar refractivity (Wildman–Crippen MR) is 108 cm³/mol. The highest BCUT2D eigenvalue weighted by Gasteiger charge is 2.43. The predicted octanol–water partition coefficient (Wildman–Crippen LogP) is 2.66. The van der Waals surface area contributed by atoms with Crippen molar-refractivity contribution in [3.05, 3.63) is 45.5 Å². The minimum absolute atomic E-state index is 0.0455. The fourth-order valence-electron chi connectivity index (χ4n) is 3.81. The molecule has 8 nitrogen and oxygen atoms in total. The molecule has 9 heteroatoms. The first-order valence-corrected chi connectivity index (χ1v) is 9.58. The molecule has 0 saturated carbocycles. The lowest BCUT2D eigenvalue weighted by atomic mass is 9.70. The van der Waals surface area contributed by atoms with Crippen molar-refractivity contribution < 1.29 is 23.8 Å². The number of ketones is 1. The monoisotopic (exact) mass is 431 g/mol. The largest absolute Gasteiger partial charge is 0.493 e. The Labute approximate surface area is 179 Å². The lowest BCUT2D eigenvalue weighted by Gasteiger charge is -2.37. The van der Waals surface area contributed by atoms with Crippen molar-refractivity contribution in [3.8, 4) is 17.6 Å². The Hall–Kier alpha value is -3.18. The van der Waals surface area contributed by atoms with Crippen LogP contribution >= 0.6 is 11.6 Å². The number of nitriles is 1. The van der Waals surface area contributed by atoms with E-state index in [-0.39, 0.29) is 45.8 Å². The first-order chi connectivity index (χ1) is 14.1. The van der Waals surface area contributed by atoms with E-state index in [0.29, 0.717) is 29.7 Å². The summed E-state index contributed by atoms with van der Waals surface area (Å²) in [5, 5.41) is 9.86. The SMILES string of the molecule is COc1cc(C2C(C#N)=C(N)OC3=C2C(=O)CC(C)(C)C3)cc(Cl)c1OCC(N)=O. The molecule has 30 heavy (non-hydrogen) atoms. The van der Waals surface area contributed by atoms with E-state index in [1.54, 1.807) is 12.1 Å². The summed E-state index contributed by atoms with van der Waals surface area (Å²) in [5.41, 5.74) is 11.9. The fraction of sp³-hybridized carbons (Fsp3) is 0.381. The van der Waals surface area contributed by atoms with E-state index in [1.807, 2.05) is 13.8 Å². The molecule has 1 aliphatic carbocycles. The van der Waals surface area contributed by atoms with E-state index in [9.17, 15) is 14.9 Å². The van der Waals surface area contributed by atoms with E-state index in [0.717, 1.165) is 0 Å². The number of halogens is 1. The maximum absolute atomic E-state index is 13.0. The summed E-state index contributed by atoms with van der Waals surface area (Å²) in [6.07, 6.45) is 0.823. The fourth-order valence-corrected chi connectivity index (χ4v) is 4.08. The van der Waals surface area contributed by atoms with Gasteiger partial charge in [-0.15, -0.1) is 0 Å². The van der Waals surface area contributed by atoms with Crippen molar-refractivity contribution >= 4 is 23.3 Å². The molecule has 1 unspecified atom stereocenters. The molecule has 3 rings (SSSR count). The molecule has 2 aliphatic rings. The molecule has 1 aliphatic heterocycles. The lowest BCUT2D eigenvalue weighted by molar-refractivity contribution is -0.120. The summed E-state index contributed by atoms with van der Waals surface area (Å²) in [6, 6.07) is 5.21. The second kappa shape index (κ2) is 7.92. The van der Waals surface area contributed by atoms with Gasteiger partial charge < -0.3 is 25.7 Å². The number of benzene rings is 1. The average Bonchev–Trinajstić information content (AvgIpc) is 2.64. The van der Waals surface area contributed by atoms with Gasteiger partial charge in [0.2, 0.25) is 5.88 Å². The first-order valence-electron chi connectivity index (χ1n) is 9.20. The second-order valence-electron chi connectivity index (χ2n) is 7.99. The van der Waals surface area contributed by atoms with Gasteiger partial charge in [0, 0.05) is 18.4 Å². The van der Waals surface area contributed by atoms with E-state index >= 15 is 0 Å². The Bertz CT molecular complexity index is 1040. The van der Waals surface area contributed by atoms with Crippen LogP contribution in [0.15, 0.2) is 34.9 Å². The Morgan fingerprint density at radius 3 is 2.70 bits per heavy atom. The van der Waals surface area contributed by atoms with Gasteiger partial charge >= 0.3 is 0 Å². The van der Waals surface area contributed by atoms with Gasteiger partial charge in [0.1, 0.15) is 17.4 Å². The number of rotatable bonds is 5. The molecule has 1 aromatic carbocycles. The summed E-state index contributed by atoms with van der Waals surface area (Å²) in [6.45, 7) is 3.56. The number of allylic oxidation sites excluding steroid dienone is 3. The molecular formula is C21H22ClN3O5. The number of carbonyl (C=O) groups excluding carboxylic acids is 2. The van der Waals surface area contributed by atoms with Gasteiger partial charge in [-0.1, -0.05) is 25.4 Å². The van der Waals surface area contributed by atoms with Crippen LogP contribution < -0.4 is 20.9 Å². The molecule has 1 heterocycles. The van der Waals surface area contributed by atoms with Gasteiger partial charge in [0.15, 0.2) is 23.9 Å². The zero-order valence-corrected chi connectivity index (χ0v) is 17.6. The molecule has 0 radical (unpaired) electrons. The number of hydrogen-bond acceptors (Lipinski definition) is 7. The molecule has 1 atom stereocenters. The standard InChI is InChI=1S/C21H22ClN3O5/c1-21(2)6-13(26)18-15(7-21)30-20(25)11(8-23)17(18)10-4-12(22)19(14(5-10)28-3)29-9-16(24)27/h4-5,17H,6-7,9,25H2,1-3H3,(H2,24,27). The number of ether oxygens (including phenoxy) is 3. The quantitative estimate of drug-likeness (QED) is 0.730. The normalized spacial score (nSPS) is 20.2. The van der Waals surface area contributed by atoms with Gasteiger partial charge in [-0.3, -0.25) is 9.59 Å². The van der Waals surface area contributed by atoms with E-state index < -0.39 is 11.8 Å². The number of amides is 1. The molecule has 158 valence electrons. The third-order valence-electron chi connectivity index (χ3n) is 5.02. The van der Waals surface area contributed by atoms with E-state index in [1.165, 1.54) is 7.11 Å². The van der Waals surface area contributed by atoms with Crippen molar-refractivity contribution in [3.63, 3.8) is 0 Å². The summed E-state index contributed by atoms with van der Waals surface area (Å²) >= 11 is 6.38. The van der Waals surface area contributed by atoms with Crippen molar-refractivity contribution in [2.75, 3.05) is 13.7 Å². The second-order valence-corrected chi connectivity index (χ2v) is 8.40. The molecular weight excluding hydrogens is 410 g/mol. The Morgan fingerprint density at radius 2 is 2.10 bits per heavy atom. The number of methoxy groups -OCH3 is 1. The van der Waals surface area contributed by atoms with Crippen molar-refractivity contribution in [2.24, 2.45) is 16.9 Å². The highest BCUT2D eigenvalue weighted by molar-refractivity contribution is 6.32. The number of nitrogens with two attached hydrogens (primary N) is 2. The van der Waals surface area contributed by atoms with Gasteiger partial charge in [-0.2, -0.15) is 5.26 Å². The van der Waals surface area contributed by atoms with Gasteiger partial charge in [0.05, 0.1) is 18.1 Å². The van der Waals surface area contributed by atoms with Crippen molar-refractivity contribution in [1.29, 1.82) is 5.26 Å². The molecule has 1 amide bonds. The molecule has 0 spiro atoms. The maximum Gasteiger partial charge on any atom is 0.255 e. The van der Waals surface area contributed by atoms with Crippen LogP contribution in [0.3, 0.4) is 0 Å². The van der Waals surface area contributed by atoms with E-state index in [2.05, 4.69) is 6.07 Å². The number of nitrogens with zero attached hydrogens (tertiary/aromatic N) is 1. The minimum atomic E-state index is -0.751. The zero-order chi connectivity index (χ0) is 22.2. The van der Waals surface area contributed by atoms with Crippen molar-refractivity contribution in [2.45, 2.75) is 32.6 Å². The van der Waals surface area contributed by atoms with Crippen LogP contribution in [0.1, 0.15) is 38.2 Å². The van der Waals surface area contributed by atoms with Crippen LogP contribution in [-0.4, -0.2) is 25.4 Å². The maximum atomic E-state index is 13.0. The van der Waals surface area contributed by atoms with E-state index in [4.69, 9.17) is 37.3 Å². The molecule has 0 fully saturated rings. The number of hydrogen-bond donors (Lipinski definition) is 2. The van der Waals surface area contributed by atoms with Crippen LogP contribution in [0.4, 0.5) is 0 Å². The summed E-state index contributed by atoms with van der Waals surface area (Å²) < 4.78 is 16.4. The number of primary amides is 1. The highest BCUT2D eigenvalue weighted by Crippen LogP contribution is 2.49.